The van der Waals surface area contributed by atoms with Crippen molar-refractivity contribution < 1.29 is 30.8 Å². The monoisotopic (exact) mass is 479 g/mol. The summed E-state index contributed by atoms with van der Waals surface area (Å²) in [5.41, 5.74) is -0.266. The summed E-state index contributed by atoms with van der Waals surface area (Å²) in [5.74, 6) is -5.00. The number of carbonyl (C=O) groups is 1. The second kappa shape index (κ2) is 8.44. The smallest absolute Gasteiger partial charge is 0.262 e. The molecule has 32 heavy (non-hydrogen) atoms. The first-order valence-corrected chi connectivity index (χ1v) is 11.6. The molecule has 1 aliphatic rings. The van der Waals surface area contributed by atoms with E-state index in [2.05, 4.69) is 5.32 Å². The number of benzene rings is 3. The third-order valence-electron chi connectivity index (χ3n) is 4.65. The minimum Gasteiger partial charge on any atom is -0.320 e. The Morgan fingerprint density at radius 2 is 1.62 bits per heavy atom. The molecule has 0 saturated carbocycles. The Morgan fingerprint density at radius 1 is 0.906 bits per heavy atom. The number of nitrogens with one attached hydrogen (secondary N) is 1. The molecule has 0 atom stereocenters. The summed E-state index contributed by atoms with van der Waals surface area (Å²) < 4.78 is 80.4. The maximum absolute atomic E-state index is 14.0. The van der Waals surface area contributed by atoms with Gasteiger partial charge in [0.25, 0.3) is 5.91 Å². The van der Waals surface area contributed by atoms with E-state index >= 15 is 0 Å². The van der Waals surface area contributed by atoms with Crippen molar-refractivity contribution in [1.29, 1.82) is 0 Å². The average molecular weight is 479 g/mol. The molecule has 3 aromatic carbocycles. The summed E-state index contributed by atoms with van der Waals surface area (Å²) in [5, 5.41) is 2.57. The molecule has 0 aromatic heterocycles. The molecule has 1 heterocycles. The molecule has 4 nitrogen and oxygen atoms in total. The lowest BCUT2D eigenvalue weighted by Crippen LogP contribution is -2.18. The van der Waals surface area contributed by atoms with Crippen LogP contribution in [0, 0.1) is 23.3 Å². The molecule has 164 valence electrons. The van der Waals surface area contributed by atoms with Crippen LogP contribution < -0.4 is 5.32 Å². The molecule has 1 aliphatic heterocycles. The highest BCUT2D eigenvalue weighted by Crippen LogP contribution is 2.40. The van der Waals surface area contributed by atoms with Gasteiger partial charge in [-0.05, 0) is 48.5 Å². The van der Waals surface area contributed by atoms with Crippen LogP contribution in [0.15, 0.2) is 69.3 Å². The van der Waals surface area contributed by atoms with Crippen LogP contribution in [0.3, 0.4) is 0 Å². The number of rotatable bonds is 4. The molecule has 1 amide bonds. The van der Waals surface area contributed by atoms with E-state index in [1.165, 1.54) is 30.3 Å². The Morgan fingerprint density at radius 3 is 2.31 bits per heavy atom. The molecular formula is C22H13F4NO3S2. The summed E-state index contributed by atoms with van der Waals surface area (Å²) in [4.78, 5) is 12.5. The standard InChI is InChI=1S/C22H13F4NO3S2/c23-13-5-4-12(18(26)9-13)8-21-22(28)27-19-7-6-14(10-20(19)31-21)32(29,30)11-15-16(24)2-1-3-17(15)25/h1-10H,11H2,(H,27,28). The zero-order valence-electron chi connectivity index (χ0n) is 16.0. The highest BCUT2D eigenvalue weighted by molar-refractivity contribution is 8.04. The molecule has 1 N–H and O–H groups in total. The van der Waals surface area contributed by atoms with Crippen molar-refractivity contribution in [3.05, 3.63) is 93.9 Å². The lowest BCUT2D eigenvalue weighted by molar-refractivity contribution is -0.112. The third kappa shape index (κ3) is 4.42. The minimum atomic E-state index is -4.12. The summed E-state index contributed by atoms with van der Waals surface area (Å²) in [6.45, 7) is 0. The second-order valence-electron chi connectivity index (χ2n) is 6.85. The molecule has 0 unspecified atom stereocenters. The van der Waals surface area contributed by atoms with Gasteiger partial charge in [-0.3, -0.25) is 4.79 Å². The molecule has 0 aliphatic carbocycles. The van der Waals surface area contributed by atoms with Gasteiger partial charge in [0.2, 0.25) is 0 Å². The lowest BCUT2D eigenvalue weighted by Gasteiger charge is -2.19. The first-order valence-electron chi connectivity index (χ1n) is 9.10. The third-order valence-corrected chi connectivity index (χ3v) is 7.37. The molecule has 0 spiro atoms. The maximum Gasteiger partial charge on any atom is 0.262 e. The van der Waals surface area contributed by atoms with Crippen molar-refractivity contribution in [2.75, 3.05) is 5.32 Å². The molecule has 0 bridgehead atoms. The fourth-order valence-electron chi connectivity index (χ4n) is 3.03. The molecule has 3 aromatic rings. The van der Waals surface area contributed by atoms with Gasteiger partial charge in [-0.25, -0.2) is 26.0 Å². The normalized spacial score (nSPS) is 14.9. The van der Waals surface area contributed by atoms with Crippen molar-refractivity contribution >= 4 is 39.3 Å². The number of halogens is 4. The van der Waals surface area contributed by atoms with Crippen LogP contribution in [-0.2, 0) is 20.4 Å². The van der Waals surface area contributed by atoms with Gasteiger partial charge in [-0.2, -0.15) is 0 Å². The van der Waals surface area contributed by atoms with E-state index < -0.39 is 50.3 Å². The first kappa shape index (κ1) is 22.1. The number of hydrogen-bond acceptors (Lipinski definition) is 4. The van der Waals surface area contributed by atoms with Crippen LogP contribution in [-0.4, -0.2) is 14.3 Å². The van der Waals surface area contributed by atoms with Crippen LogP contribution in [0.1, 0.15) is 11.1 Å². The van der Waals surface area contributed by atoms with Gasteiger partial charge in [0, 0.05) is 22.1 Å². The molecular weight excluding hydrogens is 466 g/mol. The van der Waals surface area contributed by atoms with Gasteiger partial charge in [0.15, 0.2) is 9.84 Å². The summed E-state index contributed by atoms with van der Waals surface area (Å²) in [6.07, 6.45) is 1.22. The number of hydrogen-bond donors (Lipinski definition) is 1. The van der Waals surface area contributed by atoms with Crippen LogP contribution in [0.2, 0.25) is 0 Å². The number of amides is 1. The number of fused-ring (bicyclic) bond motifs is 1. The van der Waals surface area contributed by atoms with Gasteiger partial charge in [0.05, 0.1) is 21.2 Å². The zero-order valence-corrected chi connectivity index (χ0v) is 17.7. The first-order chi connectivity index (χ1) is 15.1. The van der Waals surface area contributed by atoms with Crippen LogP contribution >= 0.6 is 11.8 Å². The fraction of sp³-hybridized carbons (Fsp3) is 0.0455. The molecule has 0 fully saturated rings. The van der Waals surface area contributed by atoms with E-state index in [-0.39, 0.29) is 15.4 Å². The van der Waals surface area contributed by atoms with E-state index in [0.29, 0.717) is 16.6 Å². The van der Waals surface area contributed by atoms with Crippen molar-refractivity contribution in [2.45, 2.75) is 15.5 Å². The Kier molecular flexibility index (Phi) is 5.83. The highest BCUT2D eigenvalue weighted by atomic mass is 32.2. The SMILES string of the molecule is O=C1Nc2ccc(S(=O)(=O)Cc3c(F)cccc3F)cc2SC1=Cc1ccc(F)cc1F. The van der Waals surface area contributed by atoms with Crippen LogP contribution in [0.4, 0.5) is 23.2 Å². The molecule has 0 radical (unpaired) electrons. The van der Waals surface area contributed by atoms with Gasteiger partial charge in [0.1, 0.15) is 23.3 Å². The number of thioether (sulfide) groups is 1. The van der Waals surface area contributed by atoms with Crippen molar-refractivity contribution in [3.8, 4) is 0 Å². The topological polar surface area (TPSA) is 63.2 Å². The van der Waals surface area contributed by atoms with Crippen LogP contribution in [0.25, 0.3) is 6.08 Å². The highest BCUT2D eigenvalue weighted by Gasteiger charge is 2.26. The van der Waals surface area contributed by atoms with Crippen molar-refractivity contribution in [1.82, 2.24) is 0 Å². The fourth-order valence-corrected chi connectivity index (χ4v) is 5.48. The molecule has 10 heteroatoms. The van der Waals surface area contributed by atoms with Crippen LogP contribution in [0.5, 0.6) is 0 Å². The Balaban J connectivity index is 1.67. The second-order valence-corrected chi connectivity index (χ2v) is 9.92. The van der Waals surface area contributed by atoms with Crippen molar-refractivity contribution in [2.24, 2.45) is 0 Å². The van der Waals surface area contributed by atoms with Gasteiger partial charge >= 0.3 is 0 Å². The maximum atomic E-state index is 14.0. The lowest BCUT2D eigenvalue weighted by atomic mass is 10.2. The molecule has 0 saturated heterocycles. The van der Waals surface area contributed by atoms with Gasteiger partial charge in [-0.15, -0.1) is 0 Å². The molecule has 4 rings (SSSR count). The van der Waals surface area contributed by atoms with Crippen molar-refractivity contribution in [3.63, 3.8) is 0 Å². The summed E-state index contributed by atoms with van der Waals surface area (Å²) in [7, 11) is -4.12. The van der Waals surface area contributed by atoms with E-state index in [4.69, 9.17) is 0 Å². The van der Waals surface area contributed by atoms with Gasteiger partial charge in [-0.1, -0.05) is 17.8 Å². The Bertz CT molecular complexity index is 1370. The zero-order chi connectivity index (χ0) is 23.0. The predicted molar refractivity (Wildman–Crippen MR) is 113 cm³/mol. The van der Waals surface area contributed by atoms with E-state index in [0.717, 1.165) is 36.0 Å². The average Bonchev–Trinajstić information content (AvgIpc) is 2.73. The number of sulfone groups is 1. The number of anilines is 1. The Labute approximate surface area is 184 Å². The predicted octanol–water partition coefficient (Wildman–Crippen LogP) is 5.30. The van der Waals surface area contributed by atoms with E-state index in [1.54, 1.807) is 0 Å². The Hall–Kier alpha value is -3.11. The quantitative estimate of drug-likeness (QED) is 0.407. The van der Waals surface area contributed by atoms with E-state index in [9.17, 15) is 30.8 Å². The summed E-state index contributed by atoms with van der Waals surface area (Å²) in [6, 6.07) is 9.82. The number of carbonyl (C=O) groups excluding carboxylic acids is 1. The minimum absolute atomic E-state index is 0.0219. The summed E-state index contributed by atoms with van der Waals surface area (Å²) >= 11 is 0.892. The largest absolute Gasteiger partial charge is 0.320 e. The van der Waals surface area contributed by atoms with E-state index in [1.807, 2.05) is 0 Å². The van der Waals surface area contributed by atoms with Gasteiger partial charge < -0.3 is 5.32 Å².